The highest BCUT2D eigenvalue weighted by Gasteiger charge is 2.31. The summed E-state index contributed by atoms with van der Waals surface area (Å²) >= 11 is 9.66. The number of amides is 2. The van der Waals surface area contributed by atoms with E-state index in [1.165, 1.54) is 0 Å². The molecule has 0 fully saturated rings. The van der Waals surface area contributed by atoms with E-state index in [4.69, 9.17) is 16.3 Å². The van der Waals surface area contributed by atoms with Gasteiger partial charge >= 0.3 is 0 Å². The summed E-state index contributed by atoms with van der Waals surface area (Å²) in [5.74, 6) is -0.0609. The molecule has 0 spiro atoms. The minimum atomic E-state index is -0.711. The second-order valence-corrected chi connectivity index (χ2v) is 9.71. The third-order valence-electron chi connectivity index (χ3n) is 5.73. The Morgan fingerprint density at radius 2 is 1.63 bits per heavy atom. The number of nitrogens with one attached hydrogen (secondary N) is 1. The van der Waals surface area contributed by atoms with Crippen LogP contribution in [0.1, 0.15) is 31.4 Å². The molecule has 5 nitrogen and oxygen atoms in total. The van der Waals surface area contributed by atoms with Crippen molar-refractivity contribution in [3.05, 3.63) is 99.5 Å². The number of rotatable bonds is 11. The van der Waals surface area contributed by atoms with Crippen molar-refractivity contribution in [1.82, 2.24) is 10.2 Å². The summed E-state index contributed by atoms with van der Waals surface area (Å²) in [7, 11) is 0. The first kappa shape index (κ1) is 26.8. The van der Waals surface area contributed by atoms with Crippen molar-refractivity contribution in [3.63, 3.8) is 0 Å². The molecule has 2 atom stereocenters. The molecule has 2 amide bonds. The number of carbonyl (C=O) groups excluding carboxylic acids is 2. The molecule has 1 N–H and O–H groups in total. The van der Waals surface area contributed by atoms with E-state index in [1.807, 2.05) is 68.4 Å². The van der Waals surface area contributed by atoms with Crippen molar-refractivity contribution < 1.29 is 14.3 Å². The second kappa shape index (κ2) is 13.3. The number of ether oxygens (including phenoxy) is 1. The topological polar surface area (TPSA) is 58.6 Å². The fourth-order valence-electron chi connectivity index (χ4n) is 3.57. The van der Waals surface area contributed by atoms with Crippen molar-refractivity contribution in [2.45, 2.75) is 45.3 Å². The molecular formula is C28H30BrClN2O3. The molecule has 3 aromatic carbocycles. The Labute approximate surface area is 220 Å². The number of hydrogen-bond donors (Lipinski definition) is 1. The standard InChI is InChI=1S/C28H30BrClN2O3/c1-3-20(2)31-28(34)25(17-21-9-5-4-6-10-21)32(18-22-13-15-23(29)16-14-22)27(33)19-35-26-12-8-7-11-24(26)30/h4-16,20,25H,3,17-19H2,1-2H3,(H,31,34)/t20-,25+/m0/s1. The molecule has 0 saturated heterocycles. The van der Waals surface area contributed by atoms with Gasteiger partial charge in [0.1, 0.15) is 11.8 Å². The van der Waals surface area contributed by atoms with Crippen LogP contribution in [0.25, 0.3) is 0 Å². The molecule has 0 saturated carbocycles. The van der Waals surface area contributed by atoms with Gasteiger partial charge in [0.2, 0.25) is 5.91 Å². The Balaban J connectivity index is 1.91. The van der Waals surface area contributed by atoms with Crippen LogP contribution in [0.3, 0.4) is 0 Å². The van der Waals surface area contributed by atoms with Crippen molar-refractivity contribution in [1.29, 1.82) is 0 Å². The molecule has 0 bridgehead atoms. The van der Waals surface area contributed by atoms with Gasteiger partial charge in [-0.3, -0.25) is 9.59 Å². The zero-order valence-corrected chi connectivity index (χ0v) is 22.3. The summed E-state index contributed by atoms with van der Waals surface area (Å²) in [4.78, 5) is 28.6. The van der Waals surface area contributed by atoms with E-state index in [0.717, 1.165) is 22.0 Å². The maximum atomic E-state index is 13.6. The van der Waals surface area contributed by atoms with Crippen molar-refractivity contribution in [2.75, 3.05) is 6.61 Å². The highest BCUT2D eigenvalue weighted by Crippen LogP contribution is 2.24. The maximum absolute atomic E-state index is 13.6. The fraction of sp³-hybridized carbons (Fsp3) is 0.286. The zero-order valence-electron chi connectivity index (χ0n) is 19.9. The average molecular weight is 558 g/mol. The van der Waals surface area contributed by atoms with E-state index in [-0.39, 0.29) is 31.0 Å². The third-order valence-corrected chi connectivity index (χ3v) is 6.57. The Hall–Kier alpha value is -2.83. The first-order chi connectivity index (χ1) is 16.9. The highest BCUT2D eigenvalue weighted by atomic mass is 79.9. The Kier molecular flexibility index (Phi) is 10.2. The first-order valence-electron chi connectivity index (χ1n) is 11.6. The largest absolute Gasteiger partial charge is 0.482 e. The lowest BCUT2D eigenvalue weighted by molar-refractivity contribution is -0.143. The summed E-state index contributed by atoms with van der Waals surface area (Å²) in [6.45, 7) is 4.00. The monoisotopic (exact) mass is 556 g/mol. The van der Waals surface area contributed by atoms with Crippen LogP contribution in [0, 0.1) is 0 Å². The smallest absolute Gasteiger partial charge is 0.261 e. The molecule has 0 unspecified atom stereocenters. The van der Waals surface area contributed by atoms with E-state index in [1.54, 1.807) is 29.2 Å². The Morgan fingerprint density at radius 1 is 0.971 bits per heavy atom. The summed E-state index contributed by atoms with van der Waals surface area (Å²) in [5.41, 5.74) is 1.88. The van der Waals surface area contributed by atoms with Gasteiger partial charge in [-0.25, -0.2) is 0 Å². The molecule has 3 aromatic rings. The lowest BCUT2D eigenvalue weighted by Gasteiger charge is -2.32. The van der Waals surface area contributed by atoms with Crippen LogP contribution < -0.4 is 10.1 Å². The van der Waals surface area contributed by atoms with E-state index in [9.17, 15) is 9.59 Å². The normalized spacial score (nSPS) is 12.5. The van der Waals surface area contributed by atoms with Gasteiger partial charge in [0.25, 0.3) is 5.91 Å². The summed E-state index contributed by atoms with van der Waals surface area (Å²) in [6.07, 6.45) is 1.18. The van der Waals surface area contributed by atoms with Gasteiger partial charge in [0.05, 0.1) is 5.02 Å². The van der Waals surface area contributed by atoms with Gasteiger partial charge in [-0.1, -0.05) is 89.1 Å². The lowest BCUT2D eigenvalue weighted by Crippen LogP contribution is -2.53. The number of carbonyl (C=O) groups is 2. The van der Waals surface area contributed by atoms with Crippen molar-refractivity contribution in [2.24, 2.45) is 0 Å². The summed E-state index contributed by atoms with van der Waals surface area (Å²) in [6, 6.07) is 23.7. The average Bonchev–Trinajstić information content (AvgIpc) is 2.87. The second-order valence-electron chi connectivity index (χ2n) is 8.39. The first-order valence-corrected chi connectivity index (χ1v) is 12.8. The van der Waals surface area contributed by atoms with Gasteiger partial charge in [-0.15, -0.1) is 0 Å². The Morgan fingerprint density at radius 3 is 2.29 bits per heavy atom. The molecule has 3 rings (SSSR count). The number of halogens is 2. The predicted molar refractivity (Wildman–Crippen MR) is 143 cm³/mol. The molecule has 184 valence electrons. The number of benzene rings is 3. The van der Waals surface area contributed by atoms with Gasteiger partial charge in [-0.2, -0.15) is 0 Å². The van der Waals surface area contributed by atoms with E-state index < -0.39 is 6.04 Å². The lowest BCUT2D eigenvalue weighted by atomic mass is 10.0. The van der Waals surface area contributed by atoms with Gasteiger partial charge < -0.3 is 15.0 Å². The molecule has 0 aliphatic rings. The summed E-state index contributed by atoms with van der Waals surface area (Å²) < 4.78 is 6.70. The van der Waals surface area contributed by atoms with Crippen LogP contribution in [0.5, 0.6) is 5.75 Å². The van der Waals surface area contributed by atoms with Crippen LogP contribution in [0.4, 0.5) is 0 Å². The fourth-order valence-corrected chi connectivity index (χ4v) is 4.02. The zero-order chi connectivity index (χ0) is 25.2. The van der Waals surface area contributed by atoms with Crippen LogP contribution in [-0.2, 0) is 22.6 Å². The molecule has 0 heterocycles. The molecule has 35 heavy (non-hydrogen) atoms. The maximum Gasteiger partial charge on any atom is 0.261 e. The SMILES string of the molecule is CC[C@H](C)NC(=O)[C@@H](Cc1ccccc1)N(Cc1ccc(Br)cc1)C(=O)COc1ccccc1Cl. The minimum Gasteiger partial charge on any atom is -0.482 e. The van der Waals surface area contributed by atoms with Crippen molar-refractivity contribution in [3.8, 4) is 5.75 Å². The van der Waals surface area contributed by atoms with E-state index >= 15 is 0 Å². The van der Waals surface area contributed by atoms with Crippen LogP contribution in [0.15, 0.2) is 83.3 Å². The van der Waals surface area contributed by atoms with E-state index in [2.05, 4.69) is 21.2 Å². The highest BCUT2D eigenvalue weighted by molar-refractivity contribution is 9.10. The van der Waals surface area contributed by atoms with Gasteiger partial charge in [0, 0.05) is 23.5 Å². The molecule has 0 aromatic heterocycles. The van der Waals surface area contributed by atoms with Gasteiger partial charge in [0.15, 0.2) is 6.61 Å². The van der Waals surface area contributed by atoms with Crippen molar-refractivity contribution >= 4 is 39.3 Å². The van der Waals surface area contributed by atoms with Gasteiger partial charge in [-0.05, 0) is 48.7 Å². The third kappa shape index (κ3) is 8.11. The molecule has 0 aliphatic heterocycles. The number of nitrogens with zero attached hydrogens (tertiary/aromatic N) is 1. The predicted octanol–water partition coefficient (Wildman–Crippen LogP) is 6.04. The number of para-hydroxylation sites is 1. The molecule has 7 heteroatoms. The molecular weight excluding hydrogens is 528 g/mol. The minimum absolute atomic E-state index is 0.00946. The molecule has 0 aliphatic carbocycles. The quantitative estimate of drug-likeness (QED) is 0.313. The van der Waals surface area contributed by atoms with E-state index in [0.29, 0.717) is 17.2 Å². The van der Waals surface area contributed by atoms with Crippen LogP contribution in [-0.4, -0.2) is 35.4 Å². The van der Waals surface area contributed by atoms with Crippen LogP contribution >= 0.6 is 27.5 Å². The summed E-state index contributed by atoms with van der Waals surface area (Å²) in [5, 5.41) is 3.49. The number of hydrogen-bond acceptors (Lipinski definition) is 3. The van der Waals surface area contributed by atoms with Crippen LogP contribution in [0.2, 0.25) is 5.02 Å². The molecule has 0 radical (unpaired) electrons. The Bertz CT molecular complexity index is 1110.